The molecule has 2 N–H and O–H groups in total. The van der Waals surface area contributed by atoms with Gasteiger partial charge in [0.15, 0.2) is 0 Å². The summed E-state index contributed by atoms with van der Waals surface area (Å²) in [4.78, 5) is 16.1. The number of aryl methyl sites for hydroxylation is 1. The average molecular weight is 463 g/mol. The second kappa shape index (κ2) is 13.9. The number of ether oxygens (including phenoxy) is 2. The van der Waals surface area contributed by atoms with E-state index in [9.17, 15) is 4.79 Å². The zero-order valence-electron chi connectivity index (χ0n) is 20.0. The van der Waals surface area contributed by atoms with Crippen molar-refractivity contribution in [3.05, 3.63) is 78.4 Å². The Bertz CT molecular complexity index is 1010. The molecule has 180 valence electrons. The molecule has 0 radical (unpaired) electrons. The number of nitrogens with one attached hydrogen (secondary N) is 2. The van der Waals surface area contributed by atoms with E-state index in [0.717, 1.165) is 55.1 Å². The van der Waals surface area contributed by atoms with E-state index < -0.39 is 0 Å². The van der Waals surface area contributed by atoms with Crippen molar-refractivity contribution >= 4 is 12.0 Å². The highest BCUT2D eigenvalue weighted by Gasteiger charge is 2.02. The van der Waals surface area contributed by atoms with Crippen LogP contribution in [0.5, 0.6) is 11.5 Å². The van der Waals surface area contributed by atoms with Crippen LogP contribution < -0.4 is 20.1 Å². The van der Waals surface area contributed by atoms with Gasteiger partial charge in [0.05, 0.1) is 20.5 Å². The van der Waals surface area contributed by atoms with Gasteiger partial charge in [0.1, 0.15) is 11.5 Å². The van der Waals surface area contributed by atoms with E-state index in [1.807, 2.05) is 65.4 Å². The molecule has 0 bridgehead atoms. The molecule has 0 aliphatic rings. The maximum Gasteiger partial charge on any atom is 0.223 e. The zero-order valence-corrected chi connectivity index (χ0v) is 20.0. The molecule has 1 aromatic heterocycles. The molecule has 0 aliphatic heterocycles. The van der Waals surface area contributed by atoms with E-state index in [1.54, 1.807) is 26.7 Å². The number of carbonyl (C=O) groups excluding carboxylic acids is 1. The SMILES string of the molecule is COc1cc(CCCNCCCNC(=O)C/C=C/c2ccc(-n3ccnc3)cc2)cc(OC)c1. The van der Waals surface area contributed by atoms with Crippen molar-refractivity contribution in [1.29, 1.82) is 0 Å². The summed E-state index contributed by atoms with van der Waals surface area (Å²) in [6, 6.07) is 14.1. The van der Waals surface area contributed by atoms with E-state index >= 15 is 0 Å². The summed E-state index contributed by atoms with van der Waals surface area (Å²) in [6.07, 6.45) is 12.6. The average Bonchev–Trinajstić information content (AvgIpc) is 3.41. The number of aromatic nitrogens is 2. The van der Waals surface area contributed by atoms with E-state index in [-0.39, 0.29) is 5.91 Å². The van der Waals surface area contributed by atoms with Gasteiger partial charge in [-0.1, -0.05) is 24.3 Å². The number of imidazole rings is 1. The fourth-order valence-electron chi connectivity index (χ4n) is 3.54. The lowest BCUT2D eigenvalue weighted by Gasteiger charge is -2.09. The lowest BCUT2D eigenvalue weighted by Crippen LogP contribution is -2.27. The maximum absolute atomic E-state index is 12.0. The van der Waals surface area contributed by atoms with Gasteiger partial charge in [-0.15, -0.1) is 0 Å². The van der Waals surface area contributed by atoms with Gasteiger partial charge < -0.3 is 24.7 Å². The first-order chi connectivity index (χ1) is 16.7. The maximum atomic E-state index is 12.0. The molecule has 3 rings (SSSR count). The normalized spacial score (nSPS) is 11.0. The Hall–Kier alpha value is -3.58. The molecule has 3 aromatic rings. The summed E-state index contributed by atoms with van der Waals surface area (Å²) in [5, 5.41) is 6.40. The molecule has 0 fully saturated rings. The molecule has 1 heterocycles. The Kier molecular flexibility index (Phi) is 10.2. The van der Waals surface area contributed by atoms with E-state index in [2.05, 4.69) is 15.6 Å². The molecule has 0 saturated heterocycles. The molecule has 7 nitrogen and oxygen atoms in total. The van der Waals surface area contributed by atoms with Crippen LogP contribution in [-0.2, 0) is 11.2 Å². The molecule has 7 heteroatoms. The number of methoxy groups -OCH3 is 2. The molecule has 0 aliphatic carbocycles. The van der Waals surface area contributed by atoms with Crippen LogP contribution >= 0.6 is 0 Å². The molecule has 34 heavy (non-hydrogen) atoms. The predicted octanol–water partition coefficient (Wildman–Crippen LogP) is 4.02. The topological polar surface area (TPSA) is 77.4 Å². The summed E-state index contributed by atoms with van der Waals surface area (Å²) >= 11 is 0. The molecule has 1 amide bonds. The lowest BCUT2D eigenvalue weighted by molar-refractivity contribution is -0.120. The third kappa shape index (κ3) is 8.41. The number of nitrogens with zero attached hydrogens (tertiary/aromatic N) is 2. The summed E-state index contributed by atoms with van der Waals surface area (Å²) in [5.74, 6) is 1.67. The molecule has 2 aromatic carbocycles. The van der Waals surface area contributed by atoms with Gasteiger partial charge in [0, 0.05) is 37.1 Å². The first-order valence-electron chi connectivity index (χ1n) is 11.6. The minimum atomic E-state index is 0.0401. The fourth-order valence-corrected chi connectivity index (χ4v) is 3.54. The highest BCUT2D eigenvalue weighted by molar-refractivity contribution is 5.78. The van der Waals surface area contributed by atoms with Gasteiger partial charge in [-0.3, -0.25) is 4.79 Å². The van der Waals surface area contributed by atoms with Crippen molar-refractivity contribution in [2.24, 2.45) is 0 Å². The molecule has 0 unspecified atom stereocenters. The number of benzene rings is 2. The summed E-state index contributed by atoms with van der Waals surface area (Å²) in [7, 11) is 3.33. The van der Waals surface area contributed by atoms with Gasteiger partial charge >= 0.3 is 0 Å². The third-order valence-corrected chi connectivity index (χ3v) is 5.39. The van der Waals surface area contributed by atoms with Crippen LogP contribution in [0.3, 0.4) is 0 Å². The van der Waals surface area contributed by atoms with Crippen LogP contribution in [0, 0.1) is 0 Å². The molecular formula is C27H34N4O3. The standard InChI is InChI=1S/C27H34N4O3/c1-33-25-18-23(19-26(20-25)34-2)7-4-13-28-14-5-15-30-27(32)8-3-6-22-9-11-24(12-10-22)31-17-16-29-21-31/h3,6,9-12,16-21,28H,4-5,7-8,13-15H2,1-2H3,(H,30,32)/b6-3+. The van der Waals surface area contributed by atoms with Crippen molar-refractivity contribution < 1.29 is 14.3 Å². The Morgan fingerprint density at radius 1 is 1.00 bits per heavy atom. The highest BCUT2D eigenvalue weighted by Crippen LogP contribution is 2.23. The Balaban J connectivity index is 1.23. The molecule has 0 atom stereocenters. The summed E-state index contributed by atoms with van der Waals surface area (Å²) in [6.45, 7) is 2.48. The minimum Gasteiger partial charge on any atom is -0.497 e. The van der Waals surface area contributed by atoms with Gasteiger partial charge in [-0.2, -0.15) is 0 Å². The first kappa shape index (κ1) is 25.1. The quantitative estimate of drug-likeness (QED) is 0.354. The number of hydrogen-bond acceptors (Lipinski definition) is 5. The van der Waals surface area contributed by atoms with Crippen LogP contribution in [0.2, 0.25) is 0 Å². The number of rotatable bonds is 14. The van der Waals surface area contributed by atoms with Gasteiger partial charge in [0.25, 0.3) is 0 Å². The third-order valence-electron chi connectivity index (χ3n) is 5.39. The molecular weight excluding hydrogens is 428 g/mol. The van der Waals surface area contributed by atoms with Gasteiger partial charge in [-0.25, -0.2) is 4.98 Å². The van der Waals surface area contributed by atoms with Crippen LogP contribution in [-0.4, -0.2) is 49.3 Å². The lowest BCUT2D eigenvalue weighted by atomic mass is 10.1. The van der Waals surface area contributed by atoms with Crippen molar-refractivity contribution in [2.45, 2.75) is 25.7 Å². The Morgan fingerprint density at radius 3 is 2.41 bits per heavy atom. The highest BCUT2D eigenvalue weighted by atomic mass is 16.5. The Labute approximate surface area is 201 Å². The second-order valence-corrected chi connectivity index (χ2v) is 7.95. The Morgan fingerprint density at radius 2 is 1.74 bits per heavy atom. The van der Waals surface area contributed by atoms with E-state index in [0.29, 0.717) is 13.0 Å². The summed E-state index contributed by atoms with van der Waals surface area (Å²) < 4.78 is 12.6. The van der Waals surface area contributed by atoms with Gasteiger partial charge in [-0.05, 0) is 67.7 Å². The molecule has 0 saturated carbocycles. The van der Waals surface area contributed by atoms with E-state index in [1.165, 1.54) is 5.56 Å². The number of hydrogen-bond donors (Lipinski definition) is 2. The van der Waals surface area contributed by atoms with Crippen molar-refractivity contribution in [3.8, 4) is 17.2 Å². The van der Waals surface area contributed by atoms with Gasteiger partial charge in [0.2, 0.25) is 5.91 Å². The monoisotopic (exact) mass is 462 g/mol. The van der Waals surface area contributed by atoms with E-state index in [4.69, 9.17) is 9.47 Å². The minimum absolute atomic E-state index is 0.0401. The molecule has 0 spiro atoms. The second-order valence-electron chi connectivity index (χ2n) is 7.95. The van der Waals surface area contributed by atoms with Crippen molar-refractivity contribution in [1.82, 2.24) is 20.2 Å². The van der Waals surface area contributed by atoms with Crippen LogP contribution in [0.25, 0.3) is 11.8 Å². The van der Waals surface area contributed by atoms with Crippen LogP contribution in [0.1, 0.15) is 30.4 Å². The van der Waals surface area contributed by atoms with Crippen LogP contribution in [0.15, 0.2) is 67.3 Å². The predicted molar refractivity (Wildman–Crippen MR) is 136 cm³/mol. The largest absolute Gasteiger partial charge is 0.497 e. The first-order valence-corrected chi connectivity index (χ1v) is 11.6. The van der Waals surface area contributed by atoms with Crippen molar-refractivity contribution in [2.75, 3.05) is 33.9 Å². The fraction of sp³-hybridized carbons (Fsp3) is 0.333. The van der Waals surface area contributed by atoms with Crippen molar-refractivity contribution in [3.63, 3.8) is 0 Å². The van der Waals surface area contributed by atoms with Crippen LogP contribution in [0.4, 0.5) is 0 Å². The smallest absolute Gasteiger partial charge is 0.223 e. The number of carbonyl (C=O) groups is 1. The number of amides is 1. The zero-order chi connectivity index (χ0) is 24.0. The summed E-state index contributed by atoms with van der Waals surface area (Å²) in [5.41, 5.74) is 3.32.